The van der Waals surface area contributed by atoms with Crippen molar-refractivity contribution in [2.24, 2.45) is 5.41 Å². The molecule has 2 aliphatic rings. The molecule has 0 N–H and O–H groups in total. The average Bonchev–Trinajstić information content (AvgIpc) is 3.31. The quantitative estimate of drug-likeness (QED) is 0.515. The summed E-state index contributed by atoms with van der Waals surface area (Å²) in [6.07, 6.45) is 0.675. The van der Waals surface area contributed by atoms with Crippen molar-refractivity contribution in [3.8, 4) is 0 Å². The van der Waals surface area contributed by atoms with Crippen molar-refractivity contribution < 1.29 is 30.4 Å². The van der Waals surface area contributed by atoms with Gasteiger partial charge in [0.05, 0.1) is 27.8 Å². The van der Waals surface area contributed by atoms with Gasteiger partial charge in [-0.05, 0) is 37.1 Å². The van der Waals surface area contributed by atoms with Crippen LogP contribution in [-0.2, 0) is 15.9 Å². The fourth-order valence-corrected chi connectivity index (χ4v) is 5.55. The molecule has 5 nitrogen and oxygen atoms in total. The van der Waals surface area contributed by atoms with Gasteiger partial charge in [0.15, 0.2) is 5.82 Å². The molecule has 0 bridgehead atoms. The van der Waals surface area contributed by atoms with Gasteiger partial charge in [0.1, 0.15) is 5.82 Å². The second-order valence-corrected chi connectivity index (χ2v) is 10.3. The summed E-state index contributed by atoms with van der Waals surface area (Å²) in [4.78, 5) is 0.890. The maximum atomic E-state index is 14.7. The van der Waals surface area contributed by atoms with E-state index in [0.717, 1.165) is 30.3 Å². The molecule has 1 saturated carbocycles. The number of hydrogen-bond donors (Lipinski definition) is 0. The highest BCUT2D eigenvalue weighted by Crippen LogP contribution is 2.61. The number of alkyl halides is 4. The number of aromatic nitrogens is 2. The van der Waals surface area contributed by atoms with Gasteiger partial charge < -0.3 is 4.90 Å². The lowest BCUT2D eigenvalue weighted by molar-refractivity contribution is -0.0334. The SMILES string of the molecule is CC(F)(F)c1ccc(S(=O)(=O)n2nc(N3CC(F)(F)C4(CC4)C3)c3c(F)cccc32)cc1. The number of fused-ring (bicyclic) bond motifs is 1. The molecule has 0 unspecified atom stereocenters. The van der Waals surface area contributed by atoms with Crippen LogP contribution in [0.2, 0.25) is 0 Å². The third-order valence-corrected chi connectivity index (χ3v) is 7.91. The smallest absolute Gasteiger partial charge is 0.283 e. The lowest BCUT2D eigenvalue weighted by Crippen LogP contribution is -2.28. The fraction of sp³-hybridized carbons (Fsp3) is 0.381. The normalized spacial score (nSPS) is 19.8. The minimum absolute atomic E-state index is 0.0548. The van der Waals surface area contributed by atoms with Crippen LogP contribution in [0.15, 0.2) is 47.4 Å². The summed E-state index contributed by atoms with van der Waals surface area (Å²) >= 11 is 0. The zero-order valence-electron chi connectivity index (χ0n) is 16.8. The number of benzene rings is 2. The fourth-order valence-electron chi connectivity index (χ4n) is 4.28. The molecule has 1 aromatic heterocycles. The molecule has 32 heavy (non-hydrogen) atoms. The number of anilines is 1. The average molecular weight is 471 g/mol. The van der Waals surface area contributed by atoms with Crippen molar-refractivity contribution in [2.45, 2.75) is 36.5 Å². The van der Waals surface area contributed by atoms with Gasteiger partial charge in [-0.1, -0.05) is 18.2 Å². The molecule has 1 saturated heterocycles. The zero-order valence-corrected chi connectivity index (χ0v) is 17.6. The Labute approximate surface area is 180 Å². The minimum atomic E-state index is -4.42. The first kappa shape index (κ1) is 21.2. The van der Waals surface area contributed by atoms with Gasteiger partial charge >= 0.3 is 0 Å². The molecule has 5 rings (SSSR count). The van der Waals surface area contributed by atoms with Crippen LogP contribution in [0.5, 0.6) is 0 Å². The third kappa shape index (κ3) is 3.01. The number of rotatable bonds is 4. The predicted molar refractivity (Wildman–Crippen MR) is 107 cm³/mol. The van der Waals surface area contributed by atoms with E-state index in [0.29, 0.717) is 23.9 Å². The van der Waals surface area contributed by atoms with E-state index in [2.05, 4.69) is 5.10 Å². The van der Waals surface area contributed by atoms with Crippen molar-refractivity contribution >= 4 is 26.7 Å². The van der Waals surface area contributed by atoms with Gasteiger partial charge in [0.25, 0.3) is 21.9 Å². The molecule has 2 aromatic carbocycles. The van der Waals surface area contributed by atoms with Crippen molar-refractivity contribution in [3.05, 3.63) is 53.8 Å². The molecule has 1 aliphatic carbocycles. The van der Waals surface area contributed by atoms with Crippen LogP contribution in [0.3, 0.4) is 0 Å². The lowest BCUT2D eigenvalue weighted by Gasteiger charge is -2.15. The molecule has 0 atom stereocenters. The van der Waals surface area contributed by atoms with Crippen LogP contribution in [0.25, 0.3) is 10.9 Å². The van der Waals surface area contributed by atoms with Crippen molar-refractivity contribution in [3.63, 3.8) is 0 Å². The molecule has 170 valence electrons. The summed E-state index contributed by atoms with van der Waals surface area (Å²) in [7, 11) is -4.42. The van der Waals surface area contributed by atoms with Crippen molar-refractivity contribution in [2.75, 3.05) is 18.0 Å². The summed E-state index contributed by atoms with van der Waals surface area (Å²) < 4.78 is 97.8. The molecule has 2 fully saturated rings. The highest BCUT2D eigenvalue weighted by atomic mass is 32.2. The van der Waals surface area contributed by atoms with Gasteiger partial charge in [0, 0.05) is 19.0 Å². The van der Waals surface area contributed by atoms with Crippen LogP contribution < -0.4 is 4.90 Å². The van der Waals surface area contributed by atoms with E-state index in [-0.39, 0.29) is 33.7 Å². The number of nitrogens with zero attached hydrogens (tertiary/aromatic N) is 3. The van der Waals surface area contributed by atoms with Crippen molar-refractivity contribution in [1.82, 2.24) is 9.19 Å². The molecular formula is C21H18F5N3O2S. The monoisotopic (exact) mass is 471 g/mol. The van der Waals surface area contributed by atoms with E-state index < -0.39 is 39.6 Å². The molecule has 2 heterocycles. The maximum Gasteiger partial charge on any atom is 0.283 e. The zero-order chi connectivity index (χ0) is 23.1. The summed E-state index contributed by atoms with van der Waals surface area (Å²) in [5, 5.41) is 3.86. The second kappa shape index (κ2) is 6.43. The molecule has 1 aliphatic heterocycles. The Balaban J connectivity index is 1.63. The summed E-state index contributed by atoms with van der Waals surface area (Å²) in [6, 6.07) is 7.70. The molecular weight excluding hydrogens is 453 g/mol. The van der Waals surface area contributed by atoms with Gasteiger partial charge in [-0.25, -0.2) is 22.0 Å². The second-order valence-electron chi connectivity index (χ2n) is 8.56. The Morgan fingerprint density at radius 1 is 1.03 bits per heavy atom. The number of halogens is 5. The Morgan fingerprint density at radius 3 is 2.25 bits per heavy atom. The first-order valence-electron chi connectivity index (χ1n) is 9.90. The van der Waals surface area contributed by atoms with Gasteiger partial charge in [-0.3, -0.25) is 0 Å². The highest BCUT2D eigenvalue weighted by molar-refractivity contribution is 7.90. The predicted octanol–water partition coefficient (Wildman–Crippen LogP) is 4.76. The van der Waals surface area contributed by atoms with Gasteiger partial charge in [-0.15, -0.1) is 5.10 Å². The molecule has 1 spiro atoms. The summed E-state index contributed by atoms with van der Waals surface area (Å²) in [5.41, 5.74) is -1.68. The third-order valence-electron chi connectivity index (χ3n) is 6.31. The molecule has 11 heteroatoms. The Morgan fingerprint density at radius 2 is 1.69 bits per heavy atom. The van der Waals surface area contributed by atoms with Crippen LogP contribution in [0, 0.1) is 11.2 Å². The Kier molecular flexibility index (Phi) is 4.25. The standard InChI is InChI=1S/C21H18F5N3O2S/c1-19(23,24)13-5-7-14(8-6-13)32(30,31)29-16-4-2-3-15(22)17(16)18(27-29)28-11-20(9-10-20)21(25,26)12-28/h2-8H,9-12H2,1H3. The Bertz CT molecular complexity index is 1320. The topological polar surface area (TPSA) is 55.2 Å². The molecule has 3 aromatic rings. The van der Waals surface area contributed by atoms with Crippen LogP contribution in [-0.4, -0.2) is 36.6 Å². The highest BCUT2D eigenvalue weighted by Gasteiger charge is 2.67. The lowest BCUT2D eigenvalue weighted by atomic mass is 10.0. The van der Waals surface area contributed by atoms with E-state index in [1.54, 1.807) is 0 Å². The van der Waals surface area contributed by atoms with Crippen LogP contribution >= 0.6 is 0 Å². The van der Waals surface area contributed by atoms with Gasteiger partial charge in [-0.2, -0.15) is 12.5 Å². The van der Waals surface area contributed by atoms with E-state index >= 15 is 0 Å². The van der Waals surface area contributed by atoms with Crippen LogP contribution in [0.4, 0.5) is 27.8 Å². The maximum absolute atomic E-state index is 14.7. The van der Waals surface area contributed by atoms with Gasteiger partial charge in [0.2, 0.25) is 0 Å². The molecule has 0 radical (unpaired) electrons. The number of hydrogen-bond acceptors (Lipinski definition) is 4. The summed E-state index contributed by atoms with van der Waals surface area (Å²) in [5.74, 6) is -7.12. The largest absolute Gasteiger partial charge is 0.348 e. The molecule has 0 amide bonds. The van der Waals surface area contributed by atoms with Crippen molar-refractivity contribution in [1.29, 1.82) is 0 Å². The first-order valence-corrected chi connectivity index (χ1v) is 11.3. The van der Waals surface area contributed by atoms with E-state index in [4.69, 9.17) is 0 Å². The van der Waals surface area contributed by atoms with E-state index in [1.807, 2.05) is 0 Å². The first-order chi connectivity index (χ1) is 14.9. The van der Waals surface area contributed by atoms with E-state index in [9.17, 15) is 30.4 Å². The Hall–Kier alpha value is -2.69. The summed E-state index contributed by atoms with van der Waals surface area (Å²) in [6.45, 7) is -0.0560. The van der Waals surface area contributed by atoms with Crippen LogP contribution in [0.1, 0.15) is 25.3 Å². The minimum Gasteiger partial charge on any atom is -0.348 e. The van der Waals surface area contributed by atoms with E-state index in [1.165, 1.54) is 17.0 Å².